The number of likely N-dealkylation sites (tertiary alicyclic amines) is 1. The summed E-state index contributed by atoms with van der Waals surface area (Å²) in [6.45, 7) is 2.06. The van der Waals surface area contributed by atoms with Crippen LogP contribution in [-0.2, 0) is 5.60 Å². The third-order valence-electron chi connectivity index (χ3n) is 6.03. The van der Waals surface area contributed by atoms with Gasteiger partial charge in [-0.15, -0.1) is 0 Å². The molecule has 25 heavy (non-hydrogen) atoms. The van der Waals surface area contributed by atoms with E-state index in [0.29, 0.717) is 17.9 Å². The highest BCUT2D eigenvalue weighted by Gasteiger charge is 2.46. The van der Waals surface area contributed by atoms with Gasteiger partial charge in [-0.1, -0.05) is 18.2 Å². The summed E-state index contributed by atoms with van der Waals surface area (Å²) in [6, 6.07) is 10.7. The molecule has 1 heterocycles. The molecule has 2 atom stereocenters. The molecule has 2 unspecified atom stereocenters. The minimum Gasteiger partial charge on any atom is -0.380 e. The SMILES string of the molecule is CN1CCC(C2CC(O)(c3ccc(F)cc3)c3ccc(F)cc32)CC1. The van der Waals surface area contributed by atoms with Crippen molar-refractivity contribution >= 4 is 0 Å². The normalized spacial score (nSPS) is 27.4. The second kappa shape index (κ2) is 6.19. The highest BCUT2D eigenvalue weighted by atomic mass is 19.1. The molecule has 2 aromatic carbocycles. The summed E-state index contributed by atoms with van der Waals surface area (Å²) in [5.74, 6) is -0.0164. The van der Waals surface area contributed by atoms with E-state index in [1.165, 1.54) is 18.2 Å². The number of nitrogens with zero attached hydrogens (tertiary/aromatic N) is 1. The van der Waals surface area contributed by atoms with E-state index in [9.17, 15) is 13.9 Å². The molecule has 0 aromatic heterocycles. The van der Waals surface area contributed by atoms with Crippen molar-refractivity contribution in [1.29, 1.82) is 0 Å². The van der Waals surface area contributed by atoms with Gasteiger partial charge in [0.25, 0.3) is 0 Å². The number of hydrogen-bond donors (Lipinski definition) is 1. The Labute approximate surface area is 147 Å². The second-order valence-corrected chi connectivity index (χ2v) is 7.55. The maximum Gasteiger partial charge on any atom is 0.123 e. The van der Waals surface area contributed by atoms with E-state index in [0.717, 1.165) is 37.1 Å². The van der Waals surface area contributed by atoms with Crippen LogP contribution in [0.15, 0.2) is 42.5 Å². The van der Waals surface area contributed by atoms with E-state index >= 15 is 0 Å². The van der Waals surface area contributed by atoms with Crippen LogP contribution in [0.5, 0.6) is 0 Å². The molecule has 2 aliphatic rings. The lowest BCUT2D eigenvalue weighted by atomic mass is 9.79. The lowest BCUT2D eigenvalue weighted by Gasteiger charge is -2.34. The lowest BCUT2D eigenvalue weighted by Crippen LogP contribution is -2.33. The molecule has 2 nitrogen and oxygen atoms in total. The van der Waals surface area contributed by atoms with Gasteiger partial charge in [-0.25, -0.2) is 8.78 Å². The third-order valence-corrected chi connectivity index (χ3v) is 6.03. The molecular formula is C21H23F2NO. The van der Waals surface area contributed by atoms with Gasteiger partial charge in [-0.2, -0.15) is 0 Å². The number of piperidine rings is 1. The predicted octanol–water partition coefficient (Wildman–Crippen LogP) is 4.03. The number of rotatable bonds is 2. The van der Waals surface area contributed by atoms with Gasteiger partial charge in [0.15, 0.2) is 0 Å². The van der Waals surface area contributed by atoms with Gasteiger partial charge >= 0.3 is 0 Å². The predicted molar refractivity (Wildman–Crippen MR) is 93.4 cm³/mol. The Hall–Kier alpha value is -1.78. The molecule has 1 saturated heterocycles. The number of benzene rings is 2. The maximum absolute atomic E-state index is 13.9. The standard InChI is InChI=1S/C21H23F2NO/c1-24-10-8-14(9-11-24)19-13-21(25,15-2-4-16(22)5-3-15)20-7-6-17(23)12-18(19)20/h2-7,12,14,19,25H,8-11,13H2,1H3. The number of hydrogen-bond acceptors (Lipinski definition) is 2. The molecule has 1 aliphatic carbocycles. The van der Waals surface area contributed by atoms with Crippen molar-refractivity contribution in [3.63, 3.8) is 0 Å². The van der Waals surface area contributed by atoms with Gasteiger partial charge in [-0.3, -0.25) is 0 Å². The Morgan fingerprint density at radius 2 is 1.64 bits per heavy atom. The Balaban J connectivity index is 1.75. The molecule has 2 aromatic rings. The van der Waals surface area contributed by atoms with Crippen molar-refractivity contribution < 1.29 is 13.9 Å². The lowest BCUT2D eigenvalue weighted by molar-refractivity contribution is 0.0665. The fourth-order valence-corrected chi connectivity index (χ4v) is 4.61. The van der Waals surface area contributed by atoms with Gasteiger partial charge in [0.2, 0.25) is 0 Å². The van der Waals surface area contributed by atoms with Crippen LogP contribution in [0.1, 0.15) is 41.9 Å². The second-order valence-electron chi connectivity index (χ2n) is 7.55. The zero-order valence-electron chi connectivity index (χ0n) is 14.4. The largest absolute Gasteiger partial charge is 0.380 e. The van der Waals surface area contributed by atoms with Crippen LogP contribution in [0.25, 0.3) is 0 Å². The fraction of sp³-hybridized carbons (Fsp3) is 0.429. The van der Waals surface area contributed by atoms with Crippen LogP contribution in [0.3, 0.4) is 0 Å². The first-order valence-electron chi connectivity index (χ1n) is 8.94. The first-order chi connectivity index (χ1) is 12.0. The molecular weight excluding hydrogens is 320 g/mol. The Morgan fingerprint density at radius 1 is 1.00 bits per heavy atom. The molecule has 4 rings (SSSR count). The Bertz CT molecular complexity index is 768. The van der Waals surface area contributed by atoms with Crippen molar-refractivity contribution in [2.75, 3.05) is 20.1 Å². The molecule has 1 N–H and O–H groups in total. The molecule has 1 aliphatic heterocycles. The minimum atomic E-state index is -1.18. The summed E-state index contributed by atoms with van der Waals surface area (Å²) >= 11 is 0. The molecule has 0 radical (unpaired) electrons. The average Bonchev–Trinajstić information content (AvgIpc) is 2.89. The topological polar surface area (TPSA) is 23.5 Å². The molecule has 0 saturated carbocycles. The molecule has 132 valence electrons. The molecule has 1 fully saturated rings. The van der Waals surface area contributed by atoms with E-state index in [4.69, 9.17) is 0 Å². The third kappa shape index (κ3) is 2.87. The quantitative estimate of drug-likeness (QED) is 0.890. The Kier molecular flexibility index (Phi) is 4.13. The van der Waals surface area contributed by atoms with Crippen molar-refractivity contribution in [2.24, 2.45) is 5.92 Å². The molecule has 0 spiro atoms. The van der Waals surface area contributed by atoms with Crippen LogP contribution in [0, 0.1) is 17.6 Å². The van der Waals surface area contributed by atoms with Gasteiger partial charge < -0.3 is 10.0 Å². The summed E-state index contributed by atoms with van der Waals surface area (Å²) in [7, 11) is 2.12. The average molecular weight is 343 g/mol. The van der Waals surface area contributed by atoms with Crippen LogP contribution in [0.4, 0.5) is 8.78 Å². The smallest absolute Gasteiger partial charge is 0.123 e. The van der Waals surface area contributed by atoms with E-state index in [2.05, 4.69) is 11.9 Å². The molecule has 4 heteroatoms. The molecule has 0 amide bonds. The number of aliphatic hydroxyl groups is 1. The van der Waals surface area contributed by atoms with Crippen LogP contribution in [0.2, 0.25) is 0 Å². The van der Waals surface area contributed by atoms with Gasteiger partial charge in [0.05, 0.1) is 0 Å². The number of fused-ring (bicyclic) bond motifs is 1. The monoisotopic (exact) mass is 343 g/mol. The zero-order valence-corrected chi connectivity index (χ0v) is 14.4. The van der Waals surface area contributed by atoms with Crippen molar-refractivity contribution in [3.05, 3.63) is 70.8 Å². The fourth-order valence-electron chi connectivity index (χ4n) is 4.61. The summed E-state index contributed by atoms with van der Waals surface area (Å²) in [4.78, 5) is 2.31. The van der Waals surface area contributed by atoms with Crippen molar-refractivity contribution in [1.82, 2.24) is 4.90 Å². The molecule has 0 bridgehead atoms. The van der Waals surface area contributed by atoms with E-state index in [1.54, 1.807) is 24.3 Å². The number of halogens is 2. The maximum atomic E-state index is 13.9. The Morgan fingerprint density at radius 3 is 2.32 bits per heavy atom. The van der Waals surface area contributed by atoms with Crippen molar-refractivity contribution in [3.8, 4) is 0 Å². The van der Waals surface area contributed by atoms with Crippen LogP contribution >= 0.6 is 0 Å². The van der Waals surface area contributed by atoms with E-state index in [-0.39, 0.29) is 17.6 Å². The van der Waals surface area contributed by atoms with E-state index < -0.39 is 5.60 Å². The van der Waals surface area contributed by atoms with Gasteiger partial charge in [-0.05, 0) is 92.2 Å². The summed E-state index contributed by atoms with van der Waals surface area (Å²) in [6.07, 6.45) is 2.64. The van der Waals surface area contributed by atoms with Gasteiger partial charge in [0, 0.05) is 0 Å². The van der Waals surface area contributed by atoms with Gasteiger partial charge in [0.1, 0.15) is 17.2 Å². The highest BCUT2D eigenvalue weighted by Crippen LogP contribution is 2.52. The van der Waals surface area contributed by atoms with Crippen LogP contribution in [-0.4, -0.2) is 30.1 Å². The van der Waals surface area contributed by atoms with Crippen LogP contribution < -0.4 is 0 Å². The van der Waals surface area contributed by atoms with E-state index in [1.807, 2.05) is 0 Å². The van der Waals surface area contributed by atoms with Crippen molar-refractivity contribution in [2.45, 2.75) is 30.8 Å². The first-order valence-corrected chi connectivity index (χ1v) is 8.94. The first kappa shape index (κ1) is 16.7. The highest BCUT2D eigenvalue weighted by molar-refractivity contribution is 5.48. The summed E-state index contributed by atoms with van der Waals surface area (Å²) in [5, 5.41) is 11.5. The minimum absolute atomic E-state index is 0.134. The zero-order chi connectivity index (χ0) is 17.6. The summed E-state index contributed by atoms with van der Waals surface area (Å²) in [5.41, 5.74) is 1.19. The summed E-state index contributed by atoms with van der Waals surface area (Å²) < 4.78 is 27.2.